The van der Waals surface area contributed by atoms with Gasteiger partial charge in [-0.3, -0.25) is 19.3 Å². The van der Waals surface area contributed by atoms with Crippen LogP contribution in [0.25, 0.3) is 10.8 Å². The van der Waals surface area contributed by atoms with Crippen LogP contribution in [-0.2, 0) is 11.3 Å². The molecule has 0 saturated heterocycles. The van der Waals surface area contributed by atoms with E-state index in [1.54, 1.807) is 31.4 Å². The van der Waals surface area contributed by atoms with Crippen LogP contribution < -0.4 is 10.1 Å². The average Bonchev–Trinajstić information content (AvgIpc) is 3.02. The molecule has 152 valence electrons. The van der Waals surface area contributed by atoms with Crippen LogP contribution in [-0.4, -0.2) is 36.3 Å². The van der Waals surface area contributed by atoms with Gasteiger partial charge in [0.2, 0.25) is 5.91 Å². The van der Waals surface area contributed by atoms with Crippen molar-refractivity contribution in [2.45, 2.75) is 19.4 Å². The minimum absolute atomic E-state index is 0.110. The maximum absolute atomic E-state index is 12.3. The van der Waals surface area contributed by atoms with Crippen molar-refractivity contribution in [2.75, 3.05) is 13.7 Å². The van der Waals surface area contributed by atoms with Crippen molar-refractivity contribution in [3.8, 4) is 5.75 Å². The molecule has 3 aromatic carbocycles. The molecule has 4 rings (SSSR count). The number of amides is 3. The van der Waals surface area contributed by atoms with E-state index in [4.69, 9.17) is 4.74 Å². The molecule has 1 heterocycles. The quantitative estimate of drug-likeness (QED) is 0.614. The lowest BCUT2D eigenvalue weighted by atomic mass is 10.1. The molecule has 6 nitrogen and oxygen atoms in total. The number of fused-ring (bicyclic) bond motifs is 2. The Morgan fingerprint density at radius 1 is 0.933 bits per heavy atom. The second-order valence-electron chi connectivity index (χ2n) is 7.24. The highest BCUT2D eigenvalue weighted by molar-refractivity contribution is 6.21. The molecule has 3 amide bonds. The Balaban J connectivity index is 1.27. The Morgan fingerprint density at radius 3 is 2.30 bits per heavy atom. The normalized spacial score (nSPS) is 12.9. The molecule has 1 N–H and O–H groups in total. The number of benzene rings is 3. The second kappa shape index (κ2) is 8.37. The second-order valence-corrected chi connectivity index (χ2v) is 7.24. The van der Waals surface area contributed by atoms with Crippen molar-refractivity contribution < 1.29 is 19.1 Å². The van der Waals surface area contributed by atoms with Crippen molar-refractivity contribution in [3.05, 3.63) is 77.4 Å². The first-order valence-electron chi connectivity index (χ1n) is 9.85. The van der Waals surface area contributed by atoms with Crippen molar-refractivity contribution in [3.63, 3.8) is 0 Å². The SMILES string of the molecule is COc1ccc2cc(CNC(=O)CCCN3C(=O)c4ccccc4C3=O)ccc2c1. The van der Waals surface area contributed by atoms with Gasteiger partial charge in [0.15, 0.2) is 0 Å². The largest absolute Gasteiger partial charge is 0.497 e. The number of hydrogen-bond acceptors (Lipinski definition) is 4. The summed E-state index contributed by atoms with van der Waals surface area (Å²) in [5.41, 5.74) is 1.86. The number of rotatable bonds is 7. The van der Waals surface area contributed by atoms with Crippen LogP contribution in [0.1, 0.15) is 39.1 Å². The van der Waals surface area contributed by atoms with Crippen LogP contribution in [0.2, 0.25) is 0 Å². The molecule has 0 aliphatic carbocycles. The van der Waals surface area contributed by atoms with E-state index in [0.717, 1.165) is 22.1 Å². The van der Waals surface area contributed by atoms with Gasteiger partial charge in [-0.15, -0.1) is 0 Å². The molecule has 0 fully saturated rings. The first kappa shape index (κ1) is 19.6. The lowest BCUT2D eigenvalue weighted by Crippen LogP contribution is -2.32. The lowest BCUT2D eigenvalue weighted by Gasteiger charge is -2.13. The molecule has 0 spiro atoms. The Bertz CT molecular complexity index is 1100. The molecular weight excluding hydrogens is 380 g/mol. The van der Waals surface area contributed by atoms with Crippen LogP contribution in [0.15, 0.2) is 60.7 Å². The fourth-order valence-corrected chi connectivity index (χ4v) is 3.64. The van der Waals surface area contributed by atoms with Crippen LogP contribution in [0, 0.1) is 0 Å². The number of nitrogens with one attached hydrogen (secondary N) is 1. The summed E-state index contributed by atoms with van der Waals surface area (Å²) in [6, 6.07) is 18.7. The van der Waals surface area contributed by atoms with E-state index in [1.807, 2.05) is 36.4 Å². The third-order valence-electron chi connectivity index (χ3n) is 5.27. The zero-order valence-corrected chi connectivity index (χ0v) is 16.7. The molecule has 3 aromatic rings. The number of ether oxygens (including phenoxy) is 1. The van der Waals surface area contributed by atoms with E-state index in [-0.39, 0.29) is 30.7 Å². The van der Waals surface area contributed by atoms with E-state index >= 15 is 0 Å². The topological polar surface area (TPSA) is 75.7 Å². The smallest absolute Gasteiger partial charge is 0.261 e. The van der Waals surface area contributed by atoms with Gasteiger partial charge >= 0.3 is 0 Å². The van der Waals surface area contributed by atoms with Crippen molar-refractivity contribution in [1.29, 1.82) is 0 Å². The maximum atomic E-state index is 12.3. The van der Waals surface area contributed by atoms with E-state index in [1.165, 1.54) is 4.90 Å². The molecule has 1 aliphatic heterocycles. The van der Waals surface area contributed by atoms with E-state index in [0.29, 0.717) is 24.1 Å². The van der Waals surface area contributed by atoms with Gasteiger partial charge < -0.3 is 10.1 Å². The fraction of sp³-hybridized carbons (Fsp3) is 0.208. The van der Waals surface area contributed by atoms with Gasteiger partial charge in [0, 0.05) is 19.5 Å². The zero-order valence-electron chi connectivity index (χ0n) is 16.7. The summed E-state index contributed by atoms with van der Waals surface area (Å²) in [5, 5.41) is 5.05. The predicted molar refractivity (Wildman–Crippen MR) is 113 cm³/mol. The number of hydrogen-bond donors (Lipinski definition) is 1. The fourth-order valence-electron chi connectivity index (χ4n) is 3.64. The first-order chi connectivity index (χ1) is 14.6. The lowest BCUT2D eigenvalue weighted by molar-refractivity contribution is -0.121. The highest BCUT2D eigenvalue weighted by atomic mass is 16.5. The number of nitrogens with zero attached hydrogens (tertiary/aromatic N) is 1. The van der Waals surface area contributed by atoms with Crippen molar-refractivity contribution in [2.24, 2.45) is 0 Å². The van der Waals surface area contributed by atoms with Crippen molar-refractivity contribution >= 4 is 28.5 Å². The van der Waals surface area contributed by atoms with Gasteiger partial charge in [-0.2, -0.15) is 0 Å². The third-order valence-corrected chi connectivity index (χ3v) is 5.27. The summed E-state index contributed by atoms with van der Waals surface area (Å²) in [7, 11) is 1.64. The standard InChI is InChI=1S/C24H22N2O4/c1-30-19-11-10-17-13-16(8-9-18(17)14-19)15-25-22(27)7-4-12-26-23(28)20-5-2-3-6-21(20)24(26)29/h2-3,5-6,8-11,13-14H,4,7,12,15H2,1H3,(H,25,27). The van der Waals surface area contributed by atoms with E-state index < -0.39 is 0 Å². The summed E-state index contributed by atoms with van der Waals surface area (Å²) >= 11 is 0. The highest BCUT2D eigenvalue weighted by Crippen LogP contribution is 2.23. The van der Waals surface area contributed by atoms with Crippen LogP contribution in [0.5, 0.6) is 5.75 Å². The molecule has 0 atom stereocenters. The molecule has 30 heavy (non-hydrogen) atoms. The van der Waals surface area contributed by atoms with Crippen LogP contribution in [0.4, 0.5) is 0 Å². The van der Waals surface area contributed by atoms with E-state index in [9.17, 15) is 14.4 Å². The predicted octanol–water partition coefficient (Wildman–Crippen LogP) is 3.54. The average molecular weight is 402 g/mol. The molecule has 0 saturated carbocycles. The summed E-state index contributed by atoms with van der Waals surface area (Å²) in [5.74, 6) is 0.121. The molecule has 0 bridgehead atoms. The molecule has 0 aromatic heterocycles. The minimum atomic E-state index is -0.288. The summed E-state index contributed by atoms with van der Waals surface area (Å²) in [6.07, 6.45) is 0.674. The number of methoxy groups -OCH3 is 1. The number of carbonyl (C=O) groups excluding carboxylic acids is 3. The van der Waals surface area contributed by atoms with Gasteiger partial charge in [-0.1, -0.05) is 30.3 Å². The van der Waals surface area contributed by atoms with Crippen LogP contribution in [0.3, 0.4) is 0 Å². The highest BCUT2D eigenvalue weighted by Gasteiger charge is 2.34. The Hall–Kier alpha value is -3.67. The summed E-state index contributed by atoms with van der Waals surface area (Å²) in [6.45, 7) is 0.658. The summed E-state index contributed by atoms with van der Waals surface area (Å²) in [4.78, 5) is 38.1. The first-order valence-corrected chi connectivity index (χ1v) is 9.85. The Kier molecular flexibility index (Phi) is 5.48. The maximum Gasteiger partial charge on any atom is 0.261 e. The van der Waals surface area contributed by atoms with Gasteiger partial charge in [0.05, 0.1) is 18.2 Å². The minimum Gasteiger partial charge on any atom is -0.497 e. The van der Waals surface area contributed by atoms with Gasteiger partial charge in [-0.25, -0.2) is 0 Å². The van der Waals surface area contributed by atoms with Gasteiger partial charge in [-0.05, 0) is 53.1 Å². The van der Waals surface area contributed by atoms with Gasteiger partial charge in [0.25, 0.3) is 11.8 Å². The third kappa shape index (κ3) is 3.89. The monoisotopic (exact) mass is 402 g/mol. The van der Waals surface area contributed by atoms with Crippen LogP contribution >= 0.6 is 0 Å². The zero-order chi connectivity index (χ0) is 21.1. The molecule has 1 aliphatic rings. The molecule has 0 radical (unpaired) electrons. The molecular formula is C24H22N2O4. The van der Waals surface area contributed by atoms with Gasteiger partial charge in [0.1, 0.15) is 5.75 Å². The molecule has 6 heteroatoms. The Labute approximate surface area is 174 Å². The Morgan fingerprint density at radius 2 is 1.60 bits per heavy atom. The van der Waals surface area contributed by atoms with Crippen molar-refractivity contribution in [1.82, 2.24) is 10.2 Å². The van der Waals surface area contributed by atoms with E-state index in [2.05, 4.69) is 5.32 Å². The number of imide groups is 1. The summed E-state index contributed by atoms with van der Waals surface area (Å²) < 4.78 is 5.23. The molecule has 0 unspecified atom stereocenters. The number of carbonyl (C=O) groups is 3.